The van der Waals surface area contributed by atoms with Gasteiger partial charge < -0.3 is 14.9 Å². The van der Waals surface area contributed by atoms with Crippen molar-refractivity contribution in [3.05, 3.63) is 84.4 Å². The molecule has 3 heteroatoms. The fourth-order valence-electron chi connectivity index (χ4n) is 2.00. The molecule has 0 aliphatic rings. The van der Waals surface area contributed by atoms with Crippen molar-refractivity contribution in [2.45, 2.75) is 47.5 Å². The molecule has 0 saturated carbocycles. The van der Waals surface area contributed by atoms with Crippen LogP contribution in [0.15, 0.2) is 78.9 Å². The van der Waals surface area contributed by atoms with Gasteiger partial charge in [-0.3, -0.25) is 0 Å². The topological polar surface area (TPSA) is 49.7 Å². The molecule has 0 aliphatic carbocycles. The molecule has 152 valence electrons. The Kier molecular flexibility index (Phi) is 13.6. The van der Waals surface area contributed by atoms with Crippen molar-refractivity contribution in [3.63, 3.8) is 0 Å². The maximum atomic E-state index is 9.07. The predicted octanol–water partition coefficient (Wildman–Crippen LogP) is 7.75. The molecule has 0 saturated heterocycles. The van der Waals surface area contributed by atoms with E-state index in [9.17, 15) is 0 Å². The Morgan fingerprint density at radius 3 is 1.21 bits per heavy atom. The summed E-state index contributed by atoms with van der Waals surface area (Å²) >= 11 is 0. The van der Waals surface area contributed by atoms with Crippen LogP contribution in [0.4, 0.5) is 0 Å². The van der Waals surface area contributed by atoms with Gasteiger partial charge in [-0.1, -0.05) is 71.9 Å². The summed E-state index contributed by atoms with van der Waals surface area (Å²) in [5, 5.41) is 18.1. The minimum absolute atomic E-state index is 0.202. The van der Waals surface area contributed by atoms with E-state index in [-0.39, 0.29) is 11.5 Å². The molecule has 0 aromatic heterocycles. The van der Waals surface area contributed by atoms with Gasteiger partial charge in [-0.15, -0.1) is 0 Å². The van der Waals surface area contributed by atoms with Crippen LogP contribution in [-0.4, -0.2) is 10.2 Å². The molecule has 0 unspecified atom stereocenters. The maximum absolute atomic E-state index is 9.07. The highest BCUT2D eigenvalue weighted by Gasteiger charge is 1.97. The standard InChI is InChI=1S/C12H10O3.C9H12.2C2H6/c13-9-1-5-11(6-2-9)15-12-7-3-10(14)4-8-12;1-8(2)9-6-4-3-5-7-9;2*1-2/h1-8,13-14H;3-8H,1-2H3;2*1-2H3. The molecule has 0 aliphatic heterocycles. The van der Waals surface area contributed by atoms with Crippen LogP contribution in [0.3, 0.4) is 0 Å². The van der Waals surface area contributed by atoms with Gasteiger partial charge >= 0.3 is 0 Å². The summed E-state index contributed by atoms with van der Waals surface area (Å²) in [5.74, 6) is 2.34. The molecule has 3 aromatic carbocycles. The lowest BCUT2D eigenvalue weighted by molar-refractivity contribution is 0.459. The van der Waals surface area contributed by atoms with Crippen molar-refractivity contribution in [1.82, 2.24) is 0 Å². The first-order valence-electron chi connectivity index (χ1n) is 9.85. The highest BCUT2D eigenvalue weighted by Crippen LogP contribution is 2.24. The number of rotatable bonds is 3. The van der Waals surface area contributed by atoms with Crippen molar-refractivity contribution >= 4 is 0 Å². The molecular formula is C25H34O3. The lowest BCUT2D eigenvalue weighted by Crippen LogP contribution is -1.83. The van der Waals surface area contributed by atoms with Crippen molar-refractivity contribution in [2.24, 2.45) is 0 Å². The largest absolute Gasteiger partial charge is 0.508 e. The first kappa shape index (κ1) is 25.1. The van der Waals surface area contributed by atoms with Crippen LogP contribution in [-0.2, 0) is 0 Å². The van der Waals surface area contributed by atoms with Crippen LogP contribution in [0, 0.1) is 0 Å². The Morgan fingerprint density at radius 1 is 0.571 bits per heavy atom. The lowest BCUT2D eigenvalue weighted by atomic mass is 10.0. The Morgan fingerprint density at radius 2 is 0.929 bits per heavy atom. The van der Waals surface area contributed by atoms with Crippen LogP contribution in [0.5, 0.6) is 23.0 Å². The van der Waals surface area contributed by atoms with E-state index in [0.717, 1.165) is 0 Å². The second kappa shape index (κ2) is 15.2. The molecule has 0 amide bonds. The smallest absolute Gasteiger partial charge is 0.127 e. The average molecular weight is 383 g/mol. The second-order valence-electron chi connectivity index (χ2n) is 5.66. The average Bonchev–Trinajstić information content (AvgIpc) is 2.75. The van der Waals surface area contributed by atoms with Gasteiger partial charge in [-0.05, 0) is 60.0 Å². The first-order valence-corrected chi connectivity index (χ1v) is 9.85. The van der Waals surface area contributed by atoms with Gasteiger partial charge in [0.1, 0.15) is 23.0 Å². The van der Waals surface area contributed by atoms with Crippen molar-refractivity contribution < 1.29 is 14.9 Å². The van der Waals surface area contributed by atoms with E-state index in [4.69, 9.17) is 14.9 Å². The molecule has 0 radical (unpaired) electrons. The minimum atomic E-state index is 0.202. The fourth-order valence-corrected chi connectivity index (χ4v) is 2.00. The maximum Gasteiger partial charge on any atom is 0.127 e. The van der Waals surface area contributed by atoms with E-state index in [0.29, 0.717) is 17.4 Å². The molecule has 3 aromatic rings. The lowest BCUT2D eigenvalue weighted by Gasteiger charge is -2.05. The van der Waals surface area contributed by atoms with Crippen molar-refractivity contribution in [1.29, 1.82) is 0 Å². The van der Waals surface area contributed by atoms with E-state index in [2.05, 4.69) is 38.1 Å². The van der Waals surface area contributed by atoms with E-state index >= 15 is 0 Å². The van der Waals surface area contributed by atoms with E-state index in [1.807, 2.05) is 33.8 Å². The number of hydrogen-bond donors (Lipinski definition) is 2. The van der Waals surface area contributed by atoms with Crippen molar-refractivity contribution in [2.75, 3.05) is 0 Å². The molecule has 28 heavy (non-hydrogen) atoms. The van der Waals surface area contributed by atoms with Crippen LogP contribution < -0.4 is 4.74 Å². The third-order valence-corrected chi connectivity index (χ3v) is 3.38. The van der Waals surface area contributed by atoms with E-state index in [1.165, 1.54) is 5.56 Å². The number of ether oxygens (including phenoxy) is 1. The third kappa shape index (κ3) is 10.3. The molecule has 3 rings (SSSR count). The summed E-state index contributed by atoms with van der Waals surface area (Å²) in [6, 6.07) is 23.4. The summed E-state index contributed by atoms with van der Waals surface area (Å²) < 4.78 is 5.47. The zero-order valence-electron chi connectivity index (χ0n) is 17.9. The molecule has 3 nitrogen and oxygen atoms in total. The SMILES string of the molecule is CC.CC.CC(C)c1ccccc1.Oc1ccc(Oc2ccc(O)cc2)cc1. The van der Waals surface area contributed by atoms with Gasteiger partial charge in [0.15, 0.2) is 0 Å². The Labute approximate surface area is 170 Å². The number of benzene rings is 3. The van der Waals surface area contributed by atoms with E-state index < -0.39 is 0 Å². The number of phenols is 2. The van der Waals surface area contributed by atoms with Crippen LogP contribution in [0.25, 0.3) is 0 Å². The van der Waals surface area contributed by atoms with Gasteiger partial charge in [0.05, 0.1) is 0 Å². The highest BCUT2D eigenvalue weighted by atomic mass is 16.5. The van der Waals surface area contributed by atoms with Crippen LogP contribution >= 0.6 is 0 Å². The van der Waals surface area contributed by atoms with Gasteiger partial charge in [-0.2, -0.15) is 0 Å². The summed E-state index contributed by atoms with van der Waals surface area (Å²) in [6.45, 7) is 12.4. The zero-order chi connectivity index (χ0) is 21.4. The Bertz CT molecular complexity index is 675. The quantitative estimate of drug-likeness (QED) is 0.487. The summed E-state index contributed by atoms with van der Waals surface area (Å²) in [5.41, 5.74) is 1.41. The number of aromatic hydroxyl groups is 2. The highest BCUT2D eigenvalue weighted by molar-refractivity contribution is 5.36. The monoisotopic (exact) mass is 382 g/mol. The molecule has 0 heterocycles. The number of phenolic OH excluding ortho intramolecular Hbond substituents is 2. The zero-order valence-corrected chi connectivity index (χ0v) is 17.9. The normalized spacial score (nSPS) is 8.96. The summed E-state index contributed by atoms with van der Waals surface area (Å²) in [6.07, 6.45) is 0. The molecule has 0 bridgehead atoms. The van der Waals surface area contributed by atoms with E-state index in [1.54, 1.807) is 48.5 Å². The van der Waals surface area contributed by atoms with Gasteiger partial charge in [-0.25, -0.2) is 0 Å². The molecule has 0 atom stereocenters. The second-order valence-corrected chi connectivity index (χ2v) is 5.66. The fraction of sp³-hybridized carbons (Fsp3) is 0.280. The van der Waals surface area contributed by atoms with Crippen molar-refractivity contribution in [3.8, 4) is 23.0 Å². The predicted molar refractivity (Wildman–Crippen MR) is 120 cm³/mol. The Balaban J connectivity index is 0.000000481. The van der Waals surface area contributed by atoms with Crippen LogP contribution in [0.1, 0.15) is 53.0 Å². The summed E-state index contributed by atoms with van der Waals surface area (Å²) in [7, 11) is 0. The van der Waals surface area contributed by atoms with Gasteiger partial charge in [0.25, 0.3) is 0 Å². The van der Waals surface area contributed by atoms with Crippen LogP contribution in [0.2, 0.25) is 0 Å². The molecule has 0 fully saturated rings. The number of hydrogen-bond acceptors (Lipinski definition) is 3. The van der Waals surface area contributed by atoms with Gasteiger partial charge in [0, 0.05) is 0 Å². The minimum Gasteiger partial charge on any atom is -0.508 e. The summed E-state index contributed by atoms with van der Waals surface area (Å²) in [4.78, 5) is 0. The third-order valence-electron chi connectivity index (χ3n) is 3.38. The van der Waals surface area contributed by atoms with Gasteiger partial charge in [0.2, 0.25) is 0 Å². The molecule has 2 N–H and O–H groups in total. The first-order chi connectivity index (χ1) is 13.5. The molecule has 0 spiro atoms. The Hall–Kier alpha value is -2.94. The molecular weight excluding hydrogens is 348 g/mol.